The van der Waals surface area contributed by atoms with Crippen molar-refractivity contribution in [2.24, 2.45) is 0 Å². The maximum absolute atomic E-state index is 13.0. The summed E-state index contributed by atoms with van der Waals surface area (Å²) in [6.07, 6.45) is 0.408. The van der Waals surface area contributed by atoms with Crippen LogP contribution in [0.1, 0.15) is 36.8 Å². The molecule has 0 heterocycles. The fourth-order valence-electron chi connectivity index (χ4n) is 2.78. The predicted octanol–water partition coefficient (Wildman–Crippen LogP) is 2.85. The summed E-state index contributed by atoms with van der Waals surface area (Å²) in [5.41, 5.74) is 1.65. The van der Waals surface area contributed by atoms with Gasteiger partial charge in [0.2, 0.25) is 5.91 Å². The highest BCUT2D eigenvalue weighted by molar-refractivity contribution is 5.91. The number of benzene rings is 2. The largest absolute Gasteiger partial charge is 0.467 e. The second kappa shape index (κ2) is 9.51. The number of Topliss-reactive ketones (excluding diaryl/α,β-unsaturated/α-hetero) is 1. The smallest absolute Gasteiger partial charge is 0.328 e. The van der Waals surface area contributed by atoms with E-state index in [1.807, 2.05) is 60.7 Å². The van der Waals surface area contributed by atoms with Gasteiger partial charge in [0.05, 0.1) is 13.0 Å². The van der Waals surface area contributed by atoms with E-state index in [9.17, 15) is 14.4 Å². The molecule has 0 aliphatic rings. The fourth-order valence-corrected chi connectivity index (χ4v) is 2.78. The molecule has 2 rings (SSSR count). The second-order valence-corrected chi connectivity index (χ2v) is 6.08. The quantitative estimate of drug-likeness (QED) is 0.741. The molecule has 0 aromatic heterocycles. The Morgan fingerprint density at radius 1 is 0.923 bits per heavy atom. The van der Waals surface area contributed by atoms with Crippen LogP contribution >= 0.6 is 0 Å². The Balaban J connectivity index is 2.27. The highest BCUT2D eigenvalue weighted by Gasteiger charge is 2.28. The Labute approximate surface area is 153 Å². The summed E-state index contributed by atoms with van der Waals surface area (Å²) in [6, 6.07) is 17.9. The van der Waals surface area contributed by atoms with Gasteiger partial charge in [-0.25, -0.2) is 4.79 Å². The molecule has 0 aliphatic carbocycles. The zero-order valence-corrected chi connectivity index (χ0v) is 15.0. The molecule has 0 saturated carbocycles. The number of ether oxygens (including phenoxy) is 1. The van der Waals surface area contributed by atoms with Crippen LogP contribution in [0.3, 0.4) is 0 Å². The molecule has 0 saturated heterocycles. The molecule has 1 amide bonds. The lowest BCUT2D eigenvalue weighted by Crippen LogP contribution is -2.44. The maximum Gasteiger partial charge on any atom is 0.328 e. The Kier molecular flexibility index (Phi) is 7.09. The van der Waals surface area contributed by atoms with Gasteiger partial charge in [-0.2, -0.15) is 0 Å². The predicted molar refractivity (Wildman–Crippen MR) is 98.6 cm³/mol. The maximum atomic E-state index is 13.0. The first-order chi connectivity index (χ1) is 12.5. The van der Waals surface area contributed by atoms with E-state index < -0.39 is 17.9 Å². The van der Waals surface area contributed by atoms with Gasteiger partial charge in [-0.15, -0.1) is 0 Å². The van der Waals surface area contributed by atoms with Crippen LogP contribution in [-0.2, 0) is 19.1 Å². The molecule has 1 atom stereocenters. The van der Waals surface area contributed by atoms with Gasteiger partial charge < -0.3 is 14.8 Å². The third-order valence-electron chi connectivity index (χ3n) is 4.12. The molecule has 2 aromatic rings. The second-order valence-electron chi connectivity index (χ2n) is 6.08. The molecule has 0 fully saturated rings. The van der Waals surface area contributed by atoms with Crippen molar-refractivity contribution >= 4 is 17.7 Å². The average molecular weight is 353 g/mol. The molecule has 0 unspecified atom stereocenters. The molecular weight excluding hydrogens is 330 g/mol. The summed E-state index contributed by atoms with van der Waals surface area (Å²) in [4.78, 5) is 36.3. The Morgan fingerprint density at radius 2 is 1.42 bits per heavy atom. The summed E-state index contributed by atoms with van der Waals surface area (Å²) in [7, 11) is 1.27. The minimum absolute atomic E-state index is 0.0455. The van der Waals surface area contributed by atoms with Crippen molar-refractivity contribution in [2.75, 3.05) is 7.11 Å². The third kappa shape index (κ3) is 5.28. The lowest BCUT2D eigenvalue weighted by molar-refractivity contribution is -0.145. The number of methoxy groups -OCH3 is 1. The van der Waals surface area contributed by atoms with Crippen molar-refractivity contribution < 1.29 is 19.1 Å². The van der Waals surface area contributed by atoms with E-state index in [0.717, 1.165) is 11.1 Å². The molecule has 26 heavy (non-hydrogen) atoms. The van der Waals surface area contributed by atoms with Crippen LogP contribution in [0, 0.1) is 0 Å². The van der Waals surface area contributed by atoms with Crippen molar-refractivity contribution in [3.05, 3.63) is 71.8 Å². The van der Waals surface area contributed by atoms with Crippen LogP contribution in [0.15, 0.2) is 60.7 Å². The minimum atomic E-state index is -0.855. The van der Waals surface area contributed by atoms with Gasteiger partial charge in [-0.3, -0.25) is 4.79 Å². The van der Waals surface area contributed by atoms with Gasteiger partial charge in [0.25, 0.3) is 0 Å². The standard InChI is InChI=1S/C21H23NO4/c1-15(23)13-14-18(21(25)26-2)22-20(24)19(16-9-5-3-6-10-16)17-11-7-4-8-12-17/h3-12,18-19H,13-14H2,1-2H3,(H,22,24)/t18-/m1/s1. The summed E-state index contributed by atoms with van der Waals surface area (Å²) in [5, 5.41) is 2.75. The van der Waals surface area contributed by atoms with Gasteiger partial charge in [-0.05, 0) is 24.5 Å². The van der Waals surface area contributed by atoms with Crippen molar-refractivity contribution in [3.63, 3.8) is 0 Å². The normalized spacial score (nSPS) is 11.7. The SMILES string of the molecule is COC(=O)[C@@H](CCC(C)=O)NC(=O)C(c1ccccc1)c1ccccc1. The number of hydrogen-bond donors (Lipinski definition) is 1. The van der Waals surface area contributed by atoms with Gasteiger partial charge in [-0.1, -0.05) is 60.7 Å². The zero-order chi connectivity index (χ0) is 18.9. The number of amides is 1. The van der Waals surface area contributed by atoms with Crippen LogP contribution in [-0.4, -0.2) is 30.8 Å². The number of ketones is 1. The summed E-state index contributed by atoms with van der Waals surface area (Å²) < 4.78 is 4.77. The van der Waals surface area contributed by atoms with E-state index in [4.69, 9.17) is 4.74 Å². The first kappa shape index (κ1) is 19.4. The molecule has 0 aliphatic heterocycles. The Hall–Kier alpha value is -2.95. The summed E-state index contributed by atoms with van der Waals surface area (Å²) >= 11 is 0. The van der Waals surface area contributed by atoms with Crippen molar-refractivity contribution in [3.8, 4) is 0 Å². The van der Waals surface area contributed by atoms with E-state index >= 15 is 0 Å². The van der Waals surface area contributed by atoms with E-state index in [2.05, 4.69) is 5.32 Å². The highest BCUT2D eigenvalue weighted by atomic mass is 16.5. The topological polar surface area (TPSA) is 72.5 Å². The number of nitrogens with one attached hydrogen (secondary N) is 1. The van der Waals surface area contributed by atoms with Gasteiger partial charge in [0.15, 0.2) is 0 Å². The number of carbonyl (C=O) groups excluding carboxylic acids is 3. The van der Waals surface area contributed by atoms with Crippen molar-refractivity contribution in [1.82, 2.24) is 5.32 Å². The highest BCUT2D eigenvalue weighted by Crippen LogP contribution is 2.25. The van der Waals surface area contributed by atoms with E-state index in [1.165, 1.54) is 14.0 Å². The van der Waals surface area contributed by atoms with Crippen LogP contribution in [0.25, 0.3) is 0 Å². The van der Waals surface area contributed by atoms with Crippen LogP contribution in [0.4, 0.5) is 0 Å². The molecule has 5 heteroatoms. The van der Waals surface area contributed by atoms with Crippen LogP contribution < -0.4 is 5.32 Å². The Morgan fingerprint density at radius 3 is 1.85 bits per heavy atom. The monoisotopic (exact) mass is 353 g/mol. The minimum Gasteiger partial charge on any atom is -0.467 e. The number of rotatable bonds is 8. The molecule has 1 N–H and O–H groups in total. The number of hydrogen-bond acceptors (Lipinski definition) is 4. The van der Waals surface area contributed by atoms with Crippen molar-refractivity contribution in [1.29, 1.82) is 0 Å². The van der Waals surface area contributed by atoms with Crippen molar-refractivity contribution in [2.45, 2.75) is 31.7 Å². The molecule has 5 nitrogen and oxygen atoms in total. The lowest BCUT2D eigenvalue weighted by atomic mass is 9.90. The van der Waals surface area contributed by atoms with Crippen LogP contribution in [0.5, 0.6) is 0 Å². The first-order valence-corrected chi connectivity index (χ1v) is 8.50. The zero-order valence-electron chi connectivity index (χ0n) is 15.0. The van der Waals surface area contributed by atoms with Gasteiger partial charge >= 0.3 is 5.97 Å². The van der Waals surface area contributed by atoms with E-state index in [0.29, 0.717) is 0 Å². The lowest BCUT2D eigenvalue weighted by Gasteiger charge is -2.22. The van der Waals surface area contributed by atoms with Gasteiger partial charge in [0, 0.05) is 6.42 Å². The summed E-state index contributed by atoms with van der Waals surface area (Å²) in [6.45, 7) is 1.45. The fraction of sp³-hybridized carbons (Fsp3) is 0.286. The summed E-state index contributed by atoms with van der Waals surface area (Å²) in [5.74, 6) is -1.46. The van der Waals surface area contributed by atoms with E-state index in [-0.39, 0.29) is 24.5 Å². The molecule has 0 radical (unpaired) electrons. The first-order valence-electron chi connectivity index (χ1n) is 8.50. The Bertz CT molecular complexity index is 704. The van der Waals surface area contributed by atoms with E-state index in [1.54, 1.807) is 0 Å². The molecule has 136 valence electrons. The number of carbonyl (C=O) groups is 3. The molecule has 0 spiro atoms. The van der Waals surface area contributed by atoms with Crippen LogP contribution in [0.2, 0.25) is 0 Å². The number of esters is 1. The molecule has 0 bridgehead atoms. The van der Waals surface area contributed by atoms with Gasteiger partial charge in [0.1, 0.15) is 11.8 Å². The third-order valence-corrected chi connectivity index (χ3v) is 4.12. The molecule has 2 aromatic carbocycles. The average Bonchev–Trinajstić information content (AvgIpc) is 2.66. The molecular formula is C21H23NO4.